The Morgan fingerprint density at radius 1 is 1.08 bits per heavy atom. The average molecular weight is 198 g/mol. The minimum atomic E-state index is -3.24. The van der Waals surface area contributed by atoms with Gasteiger partial charge in [-0.25, -0.2) is 17.6 Å². The van der Waals surface area contributed by atoms with Gasteiger partial charge >= 0.3 is 0 Å². The molecule has 0 N–H and O–H groups in total. The summed E-state index contributed by atoms with van der Waals surface area (Å²) in [6, 6.07) is 0. The minimum absolute atomic E-state index is 0.552. The van der Waals surface area contributed by atoms with Gasteiger partial charge in [-0.05, 0) is 20.8 Å². The van der Waals surface area contributed by atoms with Crippen molar-refractivity contribution in [1.29, 1.82) is 0 Å². The maximum atomic E-state index is 13.6. The summed E-state index contributed by atoms with van der Waals surface area (Å²) in [5, 5.41) is 0. The lowest BCUT2D eigenvalue weighted by atomic mass is 9.84. The highest BCUT2D eigenvalue weighted by atomic mass is 19.3. The highest BCUT2D eigenvalue weighted by molar-refractivity contribution is 5.08. The van der Waals surface area contributed by atoms with Crippen LogP contribution in [0.1, 0.15) is 27.2 Å². The lowest BCUT2D eigenvalue weighted by Gasteiger charge is -2.33. The summed E-state index contributed by atoms with van der Waals surface area (Å²) in [4.78, 5) is 0. The quantitative estimate of drug-likeness (QED) is 0.477. The van der Waals surface area contributed by atoms with Gasteiger partial charge in [0.1, 0.15) is 5.67 Å². The topological polar surface area (TPSA) is 0 Å². The molecular weight excluding hydrogens is 184 g/mol. The molecule has 0 nitrogen and oxygen atoms in total. The second-order valence-electron chi connectivity index (χ2n) is 3.79. The average Bonchev–Trinajstić information content (AvgIpc) is 1.81. The van der Waals surface area contributed by atoms with E-state index in [0.717, 1.165) is 13.8 Å². The lowest BCUT2D eigenvalue weighted by Crippen LogP contribution is -2.44. The summed E-state index contributed by atoms with van der Waals surface area (Å²) in [6.45, 7) is 5.42. The van der Waals surface area contributed by atoms with E-state index in [1.807, 2.05) is 0 Å². The molecule has 0 aliphatic heterocycles. The van der Waals surface area contributed by atoms with Crippen LogP contribution in [0.2, 0.25) is 0 Å². The first-order chi connectivity index (χ1) is 5.52. The fraction of sp³-hybridized carbons (Fsp3) is 0.778. The minimum Gasteiger partial charge on any atom is -0.241 e. The molecule has 0 saturated heterocycles. The number of allylic oxidation sites excluding steroid dienone is 1. The predicted octanol–water partition coefficient (Wildman–Crippen LogP) is 3.67. The molecule has 0 bridgehead atoms. The predicted molar refractivity (Wildman–Crippen MR) is 44.5 cm³/mol. The third-order valence-corrected chi connectivity index (χ3v) is 1.88. The summed E-state index contributed by atoms with van der Waals surface area (Å²) in [5.74, 6) is -3.24. The fourth-order valence-corrected chi connectivity index (χ4v) is 0.977. The van der Waals surface area contributed by atoms with E-state index < -0.39 is 23.7 Å². The Hall–Kier alpha value is -0.540. The zero-order valence-corrected chi connectivity index (χ0v) is 8.00. The Labute approximate surface area is 75.6 Å². The third kappa shape index (κ3) is 3.36. The molecule has 0 aromatic carbocycles. The van der Waals surface area contributed by atoms with Crippen molar-refractivity contribution >= 4 is 0 Å². The highest BCUT2D eigenvalue weighted by Crippen LogP contribution is 2.39. The molecule has 0 saturated carbocycles. The maximum absolute atomic E-state index is 13.6. The first-order valence-corrected chi connectivity index (χ1v) is 3.91. The lowest BCUT2D eigenvalue weighted by molar-refractivity contribution is -0.0741. The molecule has 0 aliphatic rings. The molecule has 0 aromatic rings. The second kappa shape index (κ2) is 3.31. The van der Waals surface area contributed by atoms with Crippen LogP contribution < -0.4 is 0 Å². The van der Waals surface area contributed by atoms with Gasteiger partial charge in [0.15, 0.2) is 5.67 Å². The van der Waals surface area contributed by atoms with E-state index in [1.54, 1.807) is 0 Å². The molecule has 0 fully saturated rings. The van der Waals surface area contributed by atoms with Crippen LogP contribution in [0.15, 0.2) is 12.7 Å². The normalized spacial score (nSPS) is 18.1. The number of rotatable bonds is 4. The van der Waals surface area contributed by atoms with Crippen molar-refractivity contribution in [1.82, 2.24) is 0 Å². The van der Waals surface area contributed by atoms with E-state index in [2.05, 4.69) is 6.58 Å². The van der Waals surface area contributed by atoms with E-state index >= 15 is 0 Å². The summed E-state index contributed by atoms with van der Waals surface area (Å²) in [5.41, 5.74) is -5.04. The van der Waals surface area contributed by atoms with Crippen molar-refractivity contribution in [3.05, 3.63) is 12.7 Å². The van der Waals surface area contributed by atoms with Gasteiger partial charge in [-0.3, -0.25) is 0 Å². The van der Waals surface area contributed by atoms with Crippen LogP contribution in [0.3, 0.4) is 0 Å². The zero-order chi connectivity index (χ0) is 10.9. The highest BCUT2D eigenvalue weighted by Gasteiger charge is 2.49. The van der Waals surface area contributed by atoms with Gasteiger partial charge in [0, 0.05) is 0 Å². The van der Waals surface area contributed by atoms with Gasteiger partial charge in [0.25, 0.3) is 0 Å². The molecule has 0 spiro atoms. The molecule has 0 rings (SSSR count). The van der Waals surface area contributed by atoms with E-state index in [4.69, 9.17) is 0 Å². The summed E-state index contributed by atoms with van der Waals surface area (Å²) >= 11 is 0. The van der Waals surface area contributed by atoms with Crippen molar-refractivity contribution in [2.75, 3.05) is 0 Å². The Kier molecular flexibility index (Phi) is 3.17. The number of halogens is 4. The Morgan fingerprint density at radius 3 is 1.54 bits per heavy atom. The smallest absolute Gasteiger partial charge is 0.241 e. The third-order valence-electron chi connectivity index (χ3n) is 1.88. The largest absolute Gasteiger partial charge is 0.248 e. The Morgan fingerprint density at radius 2 is 1.46 bits per heavy atom. The monoisotopic (exact) mass is 198 g/mol. The van der Waals surface area contributed by atoms with Gasteiger partial charge in [-0.1, -0.05) is 12.7 Å². The standard InChI is InChI=1S/C9H14F4/c1-5-9(13,7(2,3)10)6-8(4,11)12/h5H,1,6H2,2-4H3. The van der Waals surface area contributed by atoms with E-state index in [1.165, 1.54) is 0 Å². The summed E-state index contributed by atoms with van der Waals surface area (Å²) in [6.07, 6.45) is -0.586. The first kappa shape index (κ1) is 12.5. The van der Waals surface area contributed by atoms with E-state index in [-0.39, 0.29) is 0 Å². The van der Waals surface area contributed by atoms with Crippen LogP contribution >= 0.6 is 0 Å². The molecule has 0 heterocycles. The van der Waals surface area contributed by atoms with Crippen molar-refractivity contribution in [2.24, 2.45) is 0 Å². The van der Waals surface area contributed by atoms with Gasteiger partial charge < -0.3 is 0 Å². The maximum Gasteiger partial charge on any atom is 0.248 e. The molecule has 0 aromatic heterocycles. The fourth-order valence-electron chi connectivity index (χ4n) is 0.977. The molecule has 0 radical (unpaired) electrons. The summed E-state index contributed by atoms with van der Waals surface area (Å²) in [7, 11) is 0. The van der Waals surface area contributed by atoms with Gasteiger partial charge in [-0.2, -0.15) is 0 Å². The van der Waals surface area contributed by atoms with Crippen molar-refractivity contribution in [2.45, 2.75) is 44.5 Å². The van der Waals surface area contributed by atoms with E-state index in [0.29, 0.717) is 13.0 Å². The molecule has 1 atom stereocenters. The SMILES string of the molecule is C=CC(F)(CC(C)(F)F)C(C)(C)F. The molecule has 13 heavy (non-hydrogen) atoms. The number of hydrogen-bond acceptors (Lipinski definition) is 0. The van der Waals surface area contributed by atoms with Gasteiger partial charge in [-0.15, -0.1) is 0 Å². The Balaban J connectivity index is 4.77. The van der Waals surface area contributed by atoms with E-state index in [9.17, 15) is 17.6 Å². The second-order valence-corrected chi connectivity index (χ2v) is 3.79. The molecular formula is C9H14F4. The number of hydrogen-bond donors (Lipinski definition) is 0. The van der Waals surface area contributed by atoms with Crippen molar-refractivity contribution < 1.29 is 17.6 Å². The molecule has 78 valence electrons. The van der Waals surface area contributed by atoms with Crippen LogP contribution in [0.5, 0.6) is 0 Å². The summed E-state index contributed by atoms with van der Waals surface area (Å²) < 4.78 is 51.7. The van der Waals surface area contributed by atoms with Crippen LogP contribution in [-0.2, 0) is 0 Å². The van der Waals surface area contributed by atoms with Crippen LogP contribution in [0.25, 0.3) is 0 Å². The van der Waals surface area contributed by atoms with Gasteiger partial charge in [0.2, 0.25) is 5.92 Å². The Bertz CT molecular complexity index is 187. The molecule has 1 unspecified atom stereocenters. The molecule has 0 amide bonds. The molecule has 0 aliphatic carbocycles. The van der Waals surface area contributed by atoms with Crippen LogP contribution in [0.4, 0.5) is 17.6 Å². The number of alkyl halides is 4. The van der Waals surface area contributed by atoms with Crippen LogP contribution in [-0.4, -0.2) is 17.3 Å². The first-order valence-electron chi connectivity index (χ1n) is 3.91. The van der Waals surface area contributed by atoms with Crippen molar-refractivity contribution in [3.8, 4) is 0 Å². The molecule has 4 heteroatoms. The van der Waals surface area contributed by atoms with Crippen LogP contribution in [0, 0.1) is 0 Å². The van der Waals surface area contributed by atoms with Crippen molar-refractivity contribution in [3.63, 3.8) is 0 Å². The van der Waals surface area contributed by atoms with Gasteiger partial charge in [0.05, 0.1) is 6.42 Å². The zero-order valence-electron chi connectivity index (χ0n) is 8.00.